The number of benzene rings is 2. The quantitative estimate of drug-likeness (QED) is 0.710. The van der Waals surface area contributed by atoms with E-state index in [4.69, 9.17) is 9.47 Å². The normalized spacial score (nSPS) is 10.5. The third-order valence-electron chi connectivity index (χ3n) is 3.20. The number of hydrogen-bond donors (Lipinski definition) is 1. The van der Waals surface area contributed by atoms with Crippen LogP contribution in [0.2, 0.25) is 0 Å². The van der Waals surface area contributed by atoms with Crippen molar-refractivity contribution in [2.75, 3.05) is 18.5 Å². The molecule has 0 aliphatic heterocycles. The molecule has 2 rings (SSSR count). The van der Waals surface area contributed by atoms with Gasteiger partial charge in [0.1, 0.15) is 11.5 Å². The van der Waals surface area contributed by atoms with Gasteiger partial charge in [-0.1, -0.05) is 26.0 Å². The van der Waals surface area contributed by atoms with Crippen molar-refractivity contribution in [1.29, 1.82) is 0 Å². The van der Waals surface area contributed by atoms with E-state index in [9.17, 15) is 4.79 Å². The van der Waals surface area contributed by atoms with E-state index in [1.165, 1.54) is 0 Å². The number of nitrogens with one attached hydrogen (secondary N) is 1. The zero-order chi connectivity index (χ0) is 17.5. The third kappa shape index (κ3) is 4.99. The standard InChI is InChI=1S/C19H22BrNO3/c1-4-23-17-10-9-14(11-15(17)20)19(22)21-16-7-5-6-8-18(16)24-12-13(2)3/h5-11,13H,4,12H2,1-3H3,(H,21,22). The monoisotopic (exact) mass is 391 g/mol. The van der Waals surface area contributed by atoms with E-state index in [2.05, 4.69) is 35.1 Å². The molecule has 0 atom stereocenters. The van der Waals surface area contributed by atoms with Crippen LogP contribution in [0.5, 0.6) is 11.5 Å². The summed E-state index contributed by atoms with van der Waals surface area (Å²) in [5.41, 5.74) is 1.21. The lowest BCUT2D eigenvalue weighted by molar-refractivity contribution is 0.102. The molecule has 0 saturated heterocycles. The maximum Gasteiger partial charge on any atom is 0.255 e. The van der Waals surface area contributed by atoms with Crippen molar-refractivity contribution in [3.63, 3.8) is 0 Å². The van der Waals surface area contributed by atoms with Gasteiger partial charge in [0, 0.05) is 5.56 Å². The smallest absolute Gasteiger partial charge is 0.255 e. The van der Waals surface area contributed by atoms with Crippen LogP contribution >= 0.6 is 15.9 Å². The summed E-state index contributed by atoms with van der Waals surface area (Å²) in [6.07, 6.45) is 0. The molecule has 24 heavy (non-hydrogen) atoms. The minimum atomic E-state index is -0.195. The fourth-order valence-corrected chi connectivity index (χ4v) is 2.55. The number of rotatable bonds is 7. The second-order valence-corrected chi connectivity index (χ2v) is 6.59. The van der Waals surface area contributed by atoms with Crippen LogP contribution in [0.15, 0.2) is 46.9 Å². The van der Waals surface area contributed by atoms with Crippen molar-refractivity contribution in [3.05, 3.63) is 52.5 Å². The lowest BCUT2D eigenvalue weighted by Gasteiger charge is -2.14. The minimum Gasteiger partial charge on any atom is -0.493 e. The van der Waals surface area contributed by atoms with E-state index in [1.807, 2.05) is 31.2 Å². The summed E-state index contributed by atoms with van der Waals surface area (Å²) in [7, 11) is 0. The lowest BCUT2D eigenvalue weighted by Crippen LogP contribution is -2.14. The zero-order valence-corrected chi connectivity index (χ0v) is 15.7. The molecule has 128 valence electrons. The fourth-order valence-electron chi connectivity index (χ4n) is 2.06. The summed E-state index contributed by atoms with van der Waals surface area (Å²) < 4.78 is 12.0. The molecule has 0 aliphatic rings. The highest BCUT2D eigenvalue weighted by Crippen LogP contribution is 2.28. The number of ether oxygens (including phenoxy) is 2. The van der Waals surface area contributed by atoms with Crippen LogP contribution in [0.4, 0.5) is 5.69 Å². The molecule has 0 aromatic heterocycles. The Labute approximate surface area is 151 Å². The summed E-state index contributed by atoms with van der Waals surface area (Å²) >= 11 is 3.43. The van der Waals surface area contributed by atoms with Crippen LogP contribution < -0.4 is 14.8 Å². The first kappa shape index (κ1) is 18.3. The molecule has 0 saturated carbocycles. The van der Waals surface area contributed by atoms with Gasteiger partial charge in [0.05, 0.1) is 23.4 Å². The number of carbonyl (C=O) groups is 1. The third-order valence-corrected chi connectivity index (χ3v) is 3.82. The van der Waals surface area contributed by atoms with Crippen molar-refractivity contribution >= 4 is 27.5 Å². The summed E-state index contributed by atoms with van der Waals surface area (Å²) in [4.78, 5) is 12.5. The van der Waals surface area contributed by atoms with Gasteiger partial charge in [-0.3, -0.25) is 4.79 Å². The first-order valence-electron chi connectivity index (χ1n) is 7.96. The van der Waals surface area contributed by atoms with Crippen molar-refractivity contribution in [3.8, 4) is 11.5 Å². The number of halogens is 1. The van der Waals surface area contributed by atoms with Gasteiger partial charge in [-0.15, -0.1) is 0 Å². The van der Waals surface area contributed by atoms with Gasteiger partial charge in [0.15, 0.2) is 0 Å². The molecule has 5 heteroatoms. The van der Waals surface area contributed by atoms with E-state index >= 15 is 0 Å². The second-order valence-electron chi connectivity index (χ2n) is 5.73. The molecule has 1 amide bonds. The first-order chi connectivity index (χ1) is 11.5. The molecule has 0 bridgehead atoms. The second kappa shape index (κ2) is 8.73. The van der Waals surface area contributed by atoms with Gasteiger partial charge in [-0.2, -0.15) is 0 Å². The molecule has 0 heterocycles. The van der Waals surface area contributed by atoms with Gasteiger partial charge in [-0.25, -0.2) is 0 Å². The topological polar surface area (TPSA) is 47.6 Å². The molecular formula is C19H22BrNO3. The lowest BCUT2D eigenvalue weighted by atomic mass is 10.2. The first-order valence-corrected chi connectivity index (χ1v) is 8.76. The molecule has 4 nitrogen and oxygen atoms in total. The Morgan fingerprint density at radius 2 is 1.88 bits per heavy atom. The molecule has 0 spiro atoms. The van der Waals surface area contributed by atoms with Crippen LogP contribution in [-0.4, -0.2) is 19.1 Å². The number of anilines is 1. The van der Waals surface area contributed by atoms with Crippen LogP contribution in [0.3, 0.4) is 0 Å². The molecule has 0 unspecified atom stereocenters. The Morgan fingerprint density at radius 3 is 2.54 bits per heavy atom. The van der Waals surface area contributed by atoms with E-state index < -0.39 is 0 Å². The van der Waals surface area contributed by atoms with Gasteiger partial charge >= 0.3 is 0 Å². The Hall–Kier alpha value is -2.01. The predicted octanol–water partition coefficient (Wildman–Crippen LogP) is 5.13. The largest absolute Gasteiger partial charge is 0.493 e. The molecule has 0 fully saturated rings. The SMILES string of the molecule is CCOc1ccc(C(=O)Nc2ccccc2OCC(C)C)cc1Br. The highest BCUT2D eigenvalue weighted by molar-refractivity contribution is 9.10. The minimum absolute atomic E-state index is 0.195. The maximum absolute atomic E-state index is 12.5. The number of hydrogen-bond acceptors (Lipinski definition) is 3. The maximum atomic E-state index is 12.5. The van der Waals surface area contributed by atoms with Gasteiger partial charge in [0.2, 0.25) is 0 Å². The molecule has 0 radical (unpaired) electrons. The molecular weight excluding hydrogens is 370 g/mol. The van der Waals surface area contributed by atoms with E-state index in [-0.39, 0.29) is 5.91 Å². The summed E-state index contributed by atoms with van der Waals surface area (Å²) in [6.45, 7) is 7.25. The Morgan fingerprint density at radius 1 is 1.12 bits per heavy atom. The Kier molecular flexibility index (Phi) is 6.67. The molecule has 1 N–H and O–H groups in total. The highest BCUT2D eigenvalue weighted by Gasteiger charge is 2.12. The van der Waals surface area contributed by atoms with Crippen LogP contribution in [0.1, 0.15) is 31.1 Å². The van der Waals surface area contributed by atoms with Gasteiger partial charge in [-0.05, 0) is 59.1 Å². The van der Waals surface area contributed by atoms with Gasteiger partial charge < -0.3 is 14.8 Å². The number of para-hydroxylation sites is 2. The van der Waals surface area contributed by atoms with Crippen molar-refractivity contribution in [2.24, 2.45) is 5.92 Å². The molecule has 0 aliphatic carbocycles. The van der Waals surface area contributed by atoms with Crippen molar-refractivity contribution in [2.45, 2.75) is 20.8 Å². The summed E-state index contributed by atoms with van der Waals surface area (Å²) in [5, 5.41) is 2.90. The molecule has 2 aromatic carbocycles. The average Bonchev–Trinajstić information content (AvgIpc) is 2.56. The predicted molar refractivity (Wildman–Crippen MR) is 100 cm³/mol. The zero-order valence-electron chi connectivity index (χ0n) is 14.1. The summed E-state index contributed by atoms with van der Waals surface area (Å²) in [5.74, 6) is 1.61. The highest BCUT2D eigenvalue weighted by atomic mass is 79.9. The van der Waals surface area contributed by atoms with Crippen LogP contribution in [-0.2, 0) is 0 Å². The fraction of sp³-hybridized carbons (Fsp3) is 0.316. The molecule has 2 aromatic rings. The number of carbonyl (C=O) groups excluding carboxylic acids is 1. The van der Waals surface area contributed by atoms with Crippen LogP contribution in [0, 0.1) is 5.92 Å². The van der Waals surface area contributed by atoms with Gasteiger partial charge in [0.25, 0.3) is 5.91 Å². The van der Waals surface area contributed by atoms with E-state index in [0.717, 1.165) is 10.2 Å². The Bertz CT molecular complexity index is 701. The number of amides is 1. The summed E-state index contributed by atoms with van der Waals surface area (Å²) in [6, 6.07) is 12.7. The van der Waals surface area contributed by atoms with E-state index in [0.29, 0.717) is 36.1 Å². The Balaban J connectivity index is 2.13. The average molecular weight is 392 g/mol. The van der Waals surface area contributed by atoms with Crippen molar-refractivity contribution < 1.29 is 14.3 Å². The van der Waals surface area contributed by atoms with Crippen molar-refractivity contribution in [1.82, 2.24) is 0 Å². The van der Waals surface area contributed by atoms with E-state index in [1.54, 1.807) is 18.2 Å². The van der Waals surface area contributed by atoms with Crippen LogP contribution in [0.25, 0.3) is 0 Å².